The number of hydrogen-bond acceptors (Lipinski definition) is 6. The summed E-state index contributed by atoms with van der Waals surface area (Å²) in [7, 11) is 1.25. The number of aromatic hydroxyl groups is 1. The maximum absolute atomic E-state index is 14.0. The molecule has 2 heterocycles. The molecule has 0 aliphatic carbocycles. The standard InChI is InChI=1S/C21H21F5N4O4/c1-9-14(11-4-5-12(22)15(23)16(11)31)17(34-20(9,2)21(24,25)26)19(32)29-10-6-7-28-13(8-10)18(27)30-33-3/h4-9,14,17,31H,1-3H3,(H2,27,30)(H,28,29,32)/t9-,14-,17+,20+/m0/s1. The van der Waals surface area contributed by atoms with Crippen LogP contribution in [0.3, 0.4) is 0 Å². The number of ether oxygens (including phenoxy) is 1. The summed E-state index contributed by atoms with van der Waals surface area (Å²) in [6, 6.07) is 4.21. The Kier molecular flexibility index (Phi) is 6.69. The number of pyridine rings is 1. The summed E-state index contributed by atoms with van der Waals surface area (Å²) in [5.41, 5.74) is 2.65. The predicted octanol–water partition coefficient (Wildman–Crippen LogP) is 3.41. The van der Waals surface area contributed by atoms with Gasteiger partial charge < -0.3 is 25.7 Å². The number of nitrogens with zero attached hydrogens (tertiary/aromatic N) is 2. The average Bonchev–Trinajstić information content (AvgIpc) is 3.05. The summed E-state index contributed by atoms with van der Waals surface area (Å²) < 4.78 is 74.5. The van der Waals surface area contributed by atoms with Crippen LogP contribution in [0.25, 0.3) is 0 Å². The Morgan fingerprint density at radius 3 is 2.62 bits per heavy atom. The van der Waals surface area contributed by atoms with Crippen molar-refractivity contribution in [1.82, 2.24) is 4.98 Å². The largest absolute Gasteiger partial charge is 0.505 e. The second-order valence-corrected chi connectivity index (χ2v) is 7.84. The van der Waals surface area contributed by atoms with E-state index in [0.29, 0.717) is 6.07 Å². The second-order valence-electron chi connectivity index (χ2n) is 7.84. The Hall–Kier alpha value is -3.48. The lowest BCUT2D eigenvalue weighted by Crippen LogP contribution is -2.47. The molecule has 8 nitrogen and oxygen atoms in total. The summed E-state index contributed by atoms with van der Waals surface area (Å²) in [6.45, 7) is 1.90. The number of carbonyl (C=O) groups is 1. The lowest BCUT2D eigenvalue weighted by atomic mass is 9.77. The number of alkyl halides is 3. The van der Waals surface area contributed by atoms with E-state index in [1.807, 2.05) is 0 Å². The van der Waals surface area contributed by atoms with Crippen LogP contribution in [0.2, 0.25) is 0 Å². The van der Waals surface area contributed by atoms with Crippen molar-refractivity contribution in [1.29, 1.82) is 0 Å². The van der Waals surface area contributed by atoms with Gasteiger partial charge in [0.05, 0.1) is 0 Å². The Morgan fingerprint density at radius 2 is 2.00 bits per heavy atom. The van der Waals surface area contributed by atoms with Gasteiger partial charge in [-0.3, -0.25) is 9.78 Å². The molecule has 3 rings (SSSR count). The molecule has 1 aromatic heterocycles. The first-order chi connectivity index (χ1) is 15.8. The number of rotatable bonds is 5. The van der Waals surface area contributed by atoms with Crippen molar-refractivity contribution in [3.8, 4) is 5.75 Å². The first kappa shape index (κ1) is 25.1. The fourth-order valence-electron chi connectivity index (χ4n) is 3.85. The topological polar surface area (TPSA) is 119 Å². The summed E-state index contributed by atoms with van der Waals surface area (Å²) in [6.07, 6.45) is -5.47. The van der Waals surface area contributed by atoms with Crippen molar-refractivity contribution in [3.05, 3.63) is 53.4 Å². The summed E-state index contributed by atoms with van der Waals surface area (Å²) in [4.78, 5) is 21.6. The molecular weight excluding hydrogens is 467 g/mol. The van der Waals surface area contributed by atoms with Gasteiger partial charge in [0, 0.05) is 29.3 Å². The van der Waals surface area contributed by atoms with Gasteiger partial charge in [0.15, 0.2) is 23.0 Å². The number of aromatic nitrogens is 1. The number of benzene rings is 1. The van der Waals surface area contributed by atoms with Crippen molar-refractivity contribution in [2.45, 2.75) is 37.6 Å². The van der Waals surface area contributed by atoms with Gasteiger partial charge in [-0.05, 0) is 25.1 Å². The summed E-state index contributed by atoms with van der Waals surface area (Å²) in [5.74, 6) is -8.31. The smallest absolute Gasteiger partial charge is 0.417 e. The van der Waals surface area contributed by atoms with Crippen molar-refractivity contribution in [3.63, 3.8) is 0 Å². The number of oxime groups is 1. The molecule has 1 aromatic carbocycles. The van der Waals surface area contributed by atoms with Crippen LogP contribution in [0.15, 0.2) is 35.6 Å². The molecule has 34 heavy (non-hydrogen) atoms. The number of phenols is 1. The highest BCUT2D eigenvalue weighted by atomic mass is 19.4. The fourth-order valence-corrected chi connectivity index (χ4v) is 3.85. The maximum Gasteiger partial charge on any atom is 0.417 e. The molecule has 0 radical (unpaired) electrons. The molecule has 184 valence electrons. The van der Waals surface area contributed by atoms with Gasteiger partial charge in [-0.25, -0.2) is 4.39 Å². The first-order valence-corrected chi connectivity index (χ1v) is 9.87. The zero-order valence-electron chi connectivity index (χ0n) is 18.2. The van der Waals surface area contributed by atoms with Crippen LogP contribution < -0.4 is 11.1 Å². The van der Waals surface area contributed by atoms with Crippen LogP contribution in [0.4, 0.5) is 27.6 Å². The lowest BCUT2D eigenvalue weighted by Gasteiger charge is -2.31. The van der Waals surface area contributed by atoms with E-state index in [1.165, 1.54) is 25.4 Å². The number of hydrogen-bond donors (Lipinski definition) is 3. The molecule has 2 aromatic rings. The highest BCUT2D eigenvalue weighted by molar-refractivity contribution is 5.99. The van der Waals surface area contributed by atoms with E-state index in [9.17, 15) is 31.9 Å². The van der Waals surface area contributed by atoms with Gasteiger partial charge in [-0.1, -0.05) is 18.1 Å². The van der Waals surface area contributed by atoms with E-state index in [0.717, 1.165) is 19.9 Å². The Labute approximate surface area is 190 Å². The van der Waals surface area contributed by atoms with E-state index in [-0.39, 0.29) is 17.2 Å². The first-order valence-electron chi connectivity index (χ1n) is 9.87. The van der Waals surface area contributed by atoms with Gasteiger partial charge in [-0.15, -0.1) is 0 Å². The Morgan fingerprint density at radius 1 is 1.32 bits per heavy atom. The molecule has 0 bridgehead atoms. The summed E-state index contributed by atoms with van der Waals surface area (Å²) in [5, 5.41) is 16.0. The van der Waals surface area contributed by atoms with Crippen LogP contribution >= 0.6 is 0 Å². The number of nitrogens with one attached hydrogen (secondary N) is 1. The molecule has 4 atom stereocenters. The van der Waals surface area contributed by atoms with E-state index in [2.05, 4.69) is 20.3 Å². The van der Waals surface area contributed by atoms with Crippen molar-refractivity contribution in [2.24, 2.45) is 16.8 Å². The minimum atomic E-state index is -4.91. The quantitative estimate of drug-likeness (QED) is 0.257. The monoisotopic (exact) mass is 488 g/mol. The van der Waals surface area contributed by atoms with E-state index in [4.69, 9.17) is 10.5 Å². The van der Waals surface area contributed by atoms with Gasteiger partial charge in [0.25, 0.3) is 5.91 Å². The normalized spacial score (nSPS) is 25.3. The van der Waals surface area contributed by atoms with Crippen LogP contribution in [0.5, 0.6) is 5.75 Å². The van der Waals surface area contributed by atoms with Crippen LogP contribution in [0.1, 0.15) is 31.0 Å². The molecular formula is C21H21F5N4O4. The minimum absolute atomic E-state index is 0.0920. The third-order valence-corrected chi connectivity index (χ3v) is 5.87. The van der Waals surface area contributed by atoms with Crippen LogP contribution in [-0.4, -0.2) is 46.8 Å². The highest BCUT2D eigenvalue weighted by Crippen LogP contribution is 2.54. The highest BCUT2D eigenvalue weighted by Gasteiger charge is 2.65. The Bertz CT molecular complexity index is 1130. The number of phenolic OH excluding ortho intramolecular Hbond substituents is 1. The minimum Gasteiger partial charge on any atom is -0.505 e. The van der Waals surface area contributed by atoms with Crippen molar-refractivity contribution >= 4 is 17.4 Å². The zero-order valence-corrected chi connectivity index (χ0v) is 18.2. The molecule has 0 saturated carbocycles. The van der Waals surface area contributed by atoms with Crippen LogP contribution in [-0.2, 0) is 14.4 Å². The molecule has 1 aliphatic heterocycles. The van der Waals surface area contributed by atoms with E-state index >= 15 is 0 Å². The van der Waals surface area contributed by atoms with Crippen LogP contribution in [0, 0.1) is 17.6 Å². The molecule has 0 unspecified atom stereocenters. The lowest BCUT2D eigenvalue weighted by molar-refractivity contribution is -0.272. The van der Waals surface area contributed by atoms with E-state index < -0.39 is 58.6 Å². The van der Waals surface area contributed by atoms with Gasteiger partial charge in [-0.2, -0.15) is 17.6 Å². The predicted molar refractivity (Wildman–Crippen MR) is 110 cm³/mol. The number of amides is 1. The maximum atomic E-state index is 14.0. The SMILES string of the molecule is CO/N=C(\N)c1cc(NC(=O)[C@@H]2O[C@@](C)(C(F)(F)F)[C@@H](C)[C@H]2c2ccc(F)c(F)c2O)ccn1. The third-order valence-electron chi connectivity index (χ3n) is 5.87. The Balaban J connectivity index is 2.02. The molecule has 1 fully saturated rings. The average molecular weight is 488 g/mol. The molecule has 0 spiro atoms. The van der Waals surface area contributed by atoms with Gasteiger partial charge in [0.1, 0.15) is 18.9 Å². The van der Waals surface area contributed by atoms with Gasteiger partial charge in [0.2, 0.25) is 5.82 Å². The third kappa shape index (κ3) is 4.34. The number of nitrogens with two attached hydrogens (primary N) is 1. The van der Waals surface area contributed by atoms with Crippen molar-refractivity contribution < 1.29 is 41.4 Å². The fraction of sp³-hybridized carbons (Fsp3) is 0.381. The van der Waals surface area contributed by atoms with Crippen molar-refractivity contribution in [2.75, 3.05) is 12.4 Å². The number of carbonyl (C=O) groups excluding carboxylic acids is 1. The summed E-state index contributed by atoms with van der Waals surface area (Å²) >= 11 is 0. The zero-order chi connectivity index (χ0) is 25.4. The van der Waals surface area contributed by atoms with Gasteiger partial charge >= 0.3 is 6.18 Å². The number of halogens is 5. The molecule has 1 aliphatic rings. The molecule has 1 saturated heterocycles. The molecule has 1 amide bonds. The molecule has 13 heteroatoms. The van der Waals surface area contributed by atoms with E-state index in [1.54, 1.807) is 0 Å². The number of amidine groups is 1. The second kappa shape index (κ2) is 9.05. The number of anilines is 1. The molecule has 4 N–H and O–H groups in total.